The molecule has 0 aromatic heterocycles. The number of ether oxygens (including phenoxy) is 1. The summed E-state index contributed by atoms with van der Waals surface area (Å²) in [6, 6.07) is 13.9. The number of carbonyl (C=O) groups excluding carboxylic acids is 1. The minimum Gasteiger partial charge on any atom is -0.475 e. The molecule has 3 heterocycles. The summed E-state index contributed by atoms with van der Waals surface area (Å²) in [4.78, 5) is 22.7. The Balaban J connectivity index is 1.42. The lowest BCUT2D eigenvalue weighted by atomic mass is 9.81. The Kier molecular flexibility index (Phi) is 8.95. The third-order valence-corrected chi connectivity index (χ3v) is 9.67. The van der Waals surface area contributed by atoms with Crippen LogP contribution in [0, 0.1) is 28.6 Å². The predicted octanol–water partition coefficient (Wildman–Crippen LogP) is 5.94. The number of nitrogens with zero attached hydrogens (tertiary/aromatic N) is 6. The zero-order valence-electron chi connectivity index (χ0n) is 25.4. The molecule has 11 heteroatoms. The molecule has 2 aromatic rings. The number of hydrogen-bond donors (Lipinski definition) is 0. The van der Waals surface area contributed by atoms with Crippen LogP contribution in [-0.4, -0.2) is 84.5 Å². The van der Waals surface area contributed by atoms with Crippen molar-refractivity contribution in [3.8, 4) is 12.1 Å². The minimum absolute atomic E-state index is 0.0552. The molecule has 0 N–H and O–H groups in total. The lowest BCUT2D eigenvalue weighted by Gasteiger charge is -2.45. The van der Waals surface area contributed by atoms with E-state index in [1.54, 1.807) is 12.1 Å². The Morgan fingerprint density at radius 2 is 1.96 bits per heavy atom. The van der Waals surface area contributed by atoms with Crippen molar-refractivity contribution >= 4 is 39.8 Å². The van der Waals surface area contributed by atoms with Gasteiger partial charge in [0.1, 0.15) is 30.1 Å². The van der Waals surface area contributed by atoms with Crippen LogP contribution in [0.3, 0.4) is 0 Å². The fourth-order valence-electron chi connectivity index (χ4n) is 7.01. The molecule has 2 fully saturated rings. The number of nitriles is 2. The third-order valence-electron chi connectivity index (χ3n) is 9.35. The molecular weight excluding hydrogens is 610 g/mol. The first kappa shape index (κ1) is 31.5. The van der Waals surface area contributed by atoms with Gasteiger partial charge in [-0.25, -0.2) is 13.8 Å². The van der Waals surface area contributed by atoms with Crippen molar-refractivity contribution in [2.75, 3.05) is 39.8 Å². The molecule has 2 saturated heterocycles. The second kappa shape index (κ2) is 13.1. The molecule has 0 saturated carbocycles. The second-order valence-corrected chi connectivity index (χ2v) is 12.4. The first-order chi connectivity index (χ1) is 22.2. The van der Waals surface area contributed by atoms with E-state index in [1.165, 1.54) is 4.90 Å². The standard InChI is InChI=1S/C35H33ClF2N6O2/c1-21(37)35(45)44-17-16-43(19-23(44)13-14-39)33-27-12-11-26(25-9-3-6-22-7-4-10-29(36)30(22)25)31(38)32(27)41-34(28(33)18-40)46-20-24-8-5-15-42(24)2/h3-4,6-7,9-12,23-24,27,32H,1,5,8,13,15-17,19-20H2,2H3/t23-,24-,27?,32?/m0/s1. The number of likely N-dealkylation sites (tertiary alicyclic amines) is 1. The number of aliphatic imine (C=N–C) groups is 1. The zero-order chi connectivity index (χ0) is 32.5. The minimum atomic E-state index is -1.10. The van der Waals surface area contributed by atoms with E-state index in [4.69, 9.17) is 21.3 Å². The van der Waals surface area contributed by atoms with Crippen molar-refractivity contribution < 1.29 is 18.3 Å². The molecule has 0 bridgehead atoms. The van der Waals surface area contributed by atoms with Gasteiger partial charge in [0.05, 0.1) is 18.5 Å². The second-order valence-electron chi connectivity index (χ2n) is 12.0. The average Bonchev–Trinajstić information content (AvgIpc) is 3.47. The molecule has 6 rings (SSSR count). The molecule has 1 aliphatic carbocycles. The number of dihydropyridines is 1. The normalized spacial score (nSPS) is 24.9. The molecule has 8 nitrogen and oxygen atoms in total. The van der Waals surface area contributed by atoms with Gasteiger partial charge in [-0.15, -0.1) is 0 Å². The molecule has 2 aromatic carbocycles. The molecule has 236 valence electrons. The summed E-state index contributed by atoms with van der Waals surface area (Å²) in [6.45, 7) is 4.82. The van der Waals surface area contributed by atoms with Crippen molar-refractivity contribution in [2.45, 2.75) is 37.4 Å². The van der Waals surface area contributed by atoms with Crippen molar-refractivity contribution in [3.05, 3.63) is 88.6 Å². The van der Waals surface area contributed by atoms with Gasteiger partial charge in [0.2, 0.25) is 5.90 Å². The van der Waals surface area contributed by atoms with Gasteiger partial charge in [-0.3, -0.25) is 4.79 Å². The molecule has 0 radical (unpaired) electrons. The summed E-state index contributed by atoms with van der Waals surface area (Å²) >= 11 is 6.61. The number of carbonyl (C=O) groups is 1. The number of allylic oxidation sites excluding steroid dienone is 2. The maximum atomic E-state index is 16.9. The quantitative estimate of drug-likeness (QED) is 0.362. The van der Waals surface area contributed by atoms with E-state index in [1.807, 2.05) is 48.4 Å². The Morgan fingerprint density at radius 3 is 2.65 bits per heavy atom. The molecule has 4 aliphatic rings. The smallest absolute Gasteiger partial charge is 0.282 e. The monoisotopic (exact) mass is 642 g/mol. The number of rotatable bonds is 6. The fourth-order valence-corrected chi connectivity index (χ4v) is 7.29. The summed E-state index contributed by atoms with van der Waals surface area (Å²) in [6.07, 6.45) is 5.46. The Bertz CT molecular complexity index is 1800. The third kappa shape index (κ3) is 5.68. The number of hydrogen-bond acceptors (Lipinski definition) is 7. The lowest BCUT2D eigenvalue weighted by Crippen LogP contribution is -2.56. The van der Waals surface area contributed by atoms with Gasteiger partial charge in [-0.05, 0) is 43.5 Å². The molecule has 4 atom stereocenters. The van der Waals surface area contributed by atoms with Crippen LogP contribution < -0.4 is 0 Å². The van der Waals surface area contributed by atoms with Crippen LogP contribution in [0.5, 0.6) is 0 Å². The van der Waals surface area contributed by atoms with E-state index in [-0.39, 0.29) is 50.2 Å². The maximum Gasteiger partial charge on any atom is 0.282 e. The van der Waals surface area contributed by atoms with Gasteiger partial charge in [0.25, 0.3) is 5.91 Å². The number of benzene rings is 2. The highest BCUT2D eigenvalue weighted by atomic mass is 35.5. The summed E-state index contributed by atoms with van der Waals surface area (Å²) in [5, 5.41) is 22.1. The largest absolute Gasteiger partial charge is 0.475 e. The van der Waals surface area contributed by atoms with Crippen molar-refractivity contribution in [1.82, 2.24) is 14.7 Å². The van der Waals surface area contributed by atoms with Crippen LogP contribution in [0.2, 0.25) is 5.02 Å². The summed E-state index contributed by atoms with van der Waals surface area (Å²) in [5.74, 6) is -3.05. The first-order valence-corrected chi connectivity index (χ1v) is 15.7. The molecule has 3 aliphatic heterocycles. The summed E-state index contributed by atoms with van der Waals surface area (Å²) in [5.41, 5.74) is 1.66. The van der Waals surface area contributed by atoms with Crippen LogP contribution in [0.15, 0.2) is 83.0 Å². The lowest BCUT2D eigenvalue weighted by molar-refractivity contribution is -0.133. The Hall–Kier alpha value is -4.51. The number of halogens is 3. The SMILES string of the molecule is C=C(F)C(=O)N1CCN(C2=C(C#N)C(OC[C@@H]3CCCN3C)=NC3C(F)=C(c4cccc5cccc(Cl)c45)C=CC23)C[C@@H]1CC#N. The van der Waals surface area contributed by atoms with E-state index in [9.17, 15) is 19.7 Å². The Labute approximate surface area is 271 Å². The van der Waals surface area contributed by atoms with Gasteiger partial charge in [-0.1, -0.05) is 60.7 Å². The van der Waals surface area contributed by atoms with Gasteiger partial charge in [-0.2, -0.15) is 10.5 Å². The van der Waals surface area contributed by atoms with Gasteiger partial charge in [0, 0.05) is 53.3 Å². The van der Waals surface area contributed by atoms with Crippen molar-refractivity contribution in [1.29, 1.82) is 10.5 Å². The topological polar surface area (TPSA) is 96.0 Å². The summed E-state index contributed by atoms with van der Waals surface area (Å²) in [7, 11) is 2.02. The van der Waals surface area contributed by atoms with E-state index in [2.05, 4.69) is 23.6 Å². The van der Waals surface area contributed by atoms with Gasteiger partial charge in [0.15, 0.2) is 5.83 Å². The van der Waals surface area contributed by atoms with Crippen LogP contribution in [0.4, 0.5) is 8.78 Å². The van der Waals surface area contributed by atoms with Gasteiger partial charge < -0.3 is 19.4 Å². The zero-order valence-corrected chi connectivity index (χ0v) is 26.2. The molecule has 1 amide bonds. The number of amides is 1. The molecular formula is C35H33ClF2N6O2. The van der Waals surface area contributed by atoms with E-state index in [0.717, 1.165) is 30.2 Å². The number of piperazine rings is 1. The maximum absolute atomic E-state index is 16.9. The van der Waals surface area contributed by atoms with Gasteiger partial charge >= 0.3 is 0 Å². The number of likely N-dealkylation sites (N-methyl/N-ethyl adjacent to an activating group) is 1. The van der Waals surface area contributed by atoms with E-state index < -0.39 is 35.6 Å². The molecule has 46 heavy (non-hydrogen) atoms. The van der Waals surface area contributed by atoms with Crippen LogP contribution in [0.25, 0.3) is 16.3 Å². The predicted molar refractivity (Wildman–Crippen MR) is 173 cm³/mol. The highest BCUT2D eigenvalue weighted by Gasteiger charge is 2.43. The molecule has 2 unspecified atom stereocenters. The van der Waals surface area contributed by atoms with Crippen LogP contribution in [0.1, 0.15) is 24.8 Å². The van der Waals surface area contributed by atoms with Crippen LogP contribution in [-0.2, 0) is 9.53 Å². The Morgan fingerprint density at radius 1 is 1.17 bits per heavy atom. The van der Waals surface area contributed by atoms with Crippen molar-refractivity contribution in [3.63, 3.8) is 0 Å². The first-order valence-electron chi connectivity index (χ1n) is 15.3. The van der Waals surface area contributed by atoms with Crippen molar-refractivity contribution in [2.24, 2.45) is 10.9 Å². The van der Waals surface area contributed by atoms with Crippen LogP contribution >= 0.6 is 11.6 Å². The molecule has 0 spiro atoms. The van der Waals surface area contributed by atoms with E-state index >= 15 is 4.39 Å². The number of fused-ring (bicyclic) bond motifs is 2. The van der Waals surface area contributed by atoms with E-state index in [0.29, 0.717) is 21.9 Å². The fraction of sp³-hybridized carbons (Fsp3) is 0.371. The average molecular weight is 643 g/mol. The highest BCUT2D eigenvalue weighted by molar-refractivity contribution is 6.36. The summed E-state index contributed by atoms with van der Waals surface area (Å²) < 4.78 is 37.0. The highest BCUT2D eigenvalue weighted by Crippen LogP contribution is 2.44.